The van der Waals surface area contributed by atoms with Gasteiger partial charge in [-0.05, 0) is 44.3 Å². The molecule has 0 amide bonds. The molecule has 3 rings (SSSR count). The molecule has 0 bridgehead atoms. The van der Waals surface area contributed by atoms with Crippen LogP contribution < -0.4 is 0 Å². The Hall–Kier alpha value is -1.95. The number of halogens is 1. The van der Waals surface area contributed by atoms with E-state index < -0.39 is 0 Å². The largest absolute Gasteiger partial charge is 0.444 e. The van der Waals surface area contributed by atoms with E-state index in [0.29, 0.717) is 22.7 Å². The Morgan fingerprint density at radius 1 is 1.42 bits per heavy atom. The number of aromatic amines is 1. The highest BCUT2D eigenvalue weighted by Gasteiger charge is 2.10. The lowest BCUT2D eigenvalue weighted by Crippen LogP contribution is -2.00. The minimum absolute atomic E-state index is 0.296. The molecular weight excluding hydrogens is 265 g/mol. The average molecular weight is 277 g/mol. The predicted molar refractivity (Wildman–Crippen MR) is 72.2 cm³/mol. The molecule has 0 saturated carbocycles. The summed E-state index contributed by atoms with van der Waals surface area (Å²) in [6.07, 6.45) is 0. The number of H-pyrrole nitrogens is 1. The molecular formula is C13H12FN3OS. The monoisotopic (exact) mass is 277 g/mol. The number of aryl methyl sites for hydroxylation is 2. The van der Waals surface area contributed by atoms with E-state index in [4.69, 9.17) is 16.6 Å². The average Bonchev–Trinajstić information content (AvgIpc) is 2.82. The van der Waals surface area contributed by atoms with Gasteiger partial charge in [0.25, 0.3) is 0 Å². The van der Waals surface area contributed by atoms with Gasteiger partial charge < -0.3 is 14.0 Å². The van der Waals surface area contributed by atoms with Gasteiger partial charge in [0.1, 0.15) is 18.1 Å². The smallest absolute Gasteiger partial charge is 0.214 e. The lowest BCUT2D eigenvalue weighted by molar-refractivity contribution is 0.458. The minimum atomic E-state index is -0.296. The highest BCUT2D eigenvalue weighted by Crippen LogP contribution is 2.18. The molecule has 3 aromatic rings. The summed E-state index contributed by atoms with van der Waals surface area (Å²) in [5, 5.41) is 0. The summed E-state index contributed by atoms with van der Waals surface area (Å²) in [5.74, 6) is 1.05. The van der Waals surface area contributed by atoms with E-state index in [0.717, 1.165) is 17.0 Å². The van der Waals surface area contributed by atoms with Gasteiger partial charge in [0.05, 0.1) is 16.7 Å². The summed E-state index contributed by atoms with van der Waals surface area (Å²) in [4.78, 5) is 7.35. The third-order valence-electron chi connectivity index (χ3n) is 3.10. The van der Waals surface area contributed by atoms with Gasteiger partial charge in [-0.3, -0.25) is 0 Å². The number of imidazole rings is 1. The standard InChI is InChI=1S/C13H12FN3OS/c1-7-8(2)18-12(15-7)6-17-11-5-9(14)3-4-10(11)16-13(17)19/h3-5H,6H2,1-2H3,(H,16,19). The quantitative estimate of drug-likeness (QED) is 0.729. The predicted octanol–water partition coefficient (Wildman–Crippen LogP) is 3.49. The van der Waals surface area contributed by atoms with Gasteiger partial charge in [0, 0.05) is 0 Å². The molecule has 0 aliphatic heterocycles. The van der Waals surface area contributed by atoms with Crippen LogP contribution in [0.1, 0.15) is 17.3 Å². The van der Waals surface area contributed by atoms with Crippen molar-refractivity contribution in [2.45, 2.75) is 20.4 Å². The molecule has 4 nitrogen and oxygen atoms in total. The number of nitrogens with zero attached hydrogens (tertiary/aromatic N) is 2. The van der Waals surface area contributed by atoms with Crippen molar-refractivity contribution in [1.82, 2.24) is 14.5 Å². The summed E-state index contributed by atoms with van der Waals surface area (Å²) in [6.45, 7) is 4.13. The fraction of sp³-hybridized carbons (Fsp3) is 0.231. The topological polar surface area (TPSA) is 46.8 Å². The van der Waals surface area contributed by atoms with Crippen molar-refractivity contribution < 1.29 is 8.81 Å². The molecule has 0 aliphatic rings. The molecule has 6 heteroatoms. The Morgan fingerprint density at radius 2 is 2.21 bits per heavy atom. The molecule has 1 aromatic carbocycles. The Labute approximate surface area is 113 Å². The Morgan fingerprint density at radius 3 is 2.89 bits per heavy atom. The highest BCUT2D eigenvalue weighted by molar-refractivity contribution is 7.71. The van der Waals surface area contributed by atoms with Crippen LogP contribution in [-0.2, 0) is 6.54 Å². The van der Waals surface area contributed by atoms with E-state index in [1.165, 1.54) is 12.1 Å². The maximum absolute atomic E-state index is 13.3. The van der Waals surface area contributed by atoms with Gasteiger partial charge in [-0.1, -0.05) is 0 Å². The number of hydrogen-bond acceptors (Lipinski definition) is 3. The fourth-order valence-corrected chi connectivity index (χ4v) is 2.30. The minimum Gasteiger partial charge on any atom is -0.444 e. The van der Waals surface area contributed by atoms with Gasteiger partial charge in [0.2, 0.25) is 5.89 Å². The SMILES string of the molecule is Cc1nc(Cn2c(=S)[nH]c3ccc(F)cc32)oc1C. The van der Waals surface area contributed by atoms with Crippen LogP contribution in [0.4, 0.5) is 4.39 Å². The number of hydrogen-bond donors (Lipinski definition) is 1. The molecule has 0 fully saturated rings. The maximum Gasteiger partial charge on any atom is 0.214 e. The van der Waals surface area contributed by atoms with Crippen molar-refractivity contribution in [1.29, 1.82) is 0 Å². The summed E-state index contributed by atoms with van der Waals surface area (Å²) in [5.41, 5.74) is 2.36. The summed E-state index contributed by atoms with van der Waals surface area (Å²) in [6, 6.07) is 4.52. The van der Waals surface area contributed by atoms with Crippen molar-refractivity contribution in [3.8, 4) is 0 Å². The second-order valence-electron chi connectivity index (χ2n) is 4.43. The maximum atomic E-state index is 13.3. The molecule has 2 heterocycles. The molecule has 1 N–H and O–H groups in total. The van der Waals surface area contributed by atoms with Crippen LogP contribution in [0.5, 0.6) is 0 Å². The number of fused-ring (bicyclic) bond motifs is 1. The van der Waals surface area contributed by atoms with Gasteiger partial charge >= 0.3 is 0 Å². The van der Waals surface area contributed by atoms with Crippen LogP contribution in [0.15, 0.2) is 22.6 Å². The van der Waals surface area contributed by atoms with Gasteiger partial charge in [-0.2, -0.15) is 0 Å². The molecule has 0 saturated heterocycles. The molecule has 19 heavy (non-hydrogen) atoms. The third-order valence-corrected chi connectivity index (χ3v) is 3.43. The molecule has 0 aliphatic carbocycles. The molecule has 0 atom stereocenters. The third kappa shape index (κ3) is 2.08. The Kier molecular flexibility index (Phi) is 2.74. The zero-order valence-corrected chi connectivity index (χ0v) is 11.3. The van der Waals surface area contributed by atoms with E-state index in [1.54, 1.807) is 10.6 Å². The lowest BCUT2D eigenvalue weighted by atomic mass is 10.3. The number of rotatable bonds is 2. The number of oxazole rings is 1. The second-order valence-corrected chi connectivity index (χ2v) is 4.81. The van der Waals surface area contributed by atoms with Crippen molar-refractivity contribution in [3.05, 3.63) is 46.1 Å². The molecule has 0 radical (unpaired) electrons. The van der Waals surface area contributed by atoms with E-state index in [1.807, 2.05) is 13.8 Å². The number of benzene rings is 1. The van der Waals surface area contributed by atoms with Crippen LogP contribution in [0.2, 0.25) is 0 Å². The summed E-state index contributed by atoms with van der Waals surface area (Å²) < 4.78 is 21.2. The summed E-state index contributed by atoms with van der Waals surface area (Å²) >= 11 is 5.25. The van der Waals surface area contributed by atoms with Crippen molar-refractivity contribution in [3.63, 3.8) is 0 Å². The van der Waals surface area contributed by atoms with Crippen LogP contribution >= 0.6 is 12.2 Å². The lowest BCUT2D eigenvalue weighted by Gasteiger charge is -2.00. The first-order valence-corrected chi connectivity index (χ1v) is 6.26. The van der Waals surface area contributed by atoms with Crippen LogP contribution in [0.25, 0.3) is 11.0 Å². The zero-order valence-electron chi connectivity index (χ0n) is 10.5. The fourth-order valence-electron chi connectivity index (χ4n) is 2.02. The molecule has 98 valence electrons. The van der Waals surface area contributed by atoms with Gasteiger partial charge in [0.15, 0.2) is 4.77 Å². The van der Waals surface area contributed by atoms with E-state index >= 15 is 0 Å². The first kappa shape index (κ1) is 12.1. The Bertz CT molecular complexity index is 796. The zero-order chi connectivity index (χ0) is 13.6. The van der Waals surface area contributed by atoms with E-state index in [2.05, 4.69) is 9.97 Å². The second kappa shape index (κ2) is 4.31. The highest BCUT2D eigenvalue weighted by atomic mass is 32.1. The molecule has 0 spiro atoms. The van der Waals surface area contributed by atoms with E-state index in [9.17, 15) is 4.39 Å². The van der Waals surface area contributed by atoms with Crippen molar-refractivity contribution >= 4 is 23.3 Å². The normalized spacial score (nSPS) is 11.3. The van der Waals surface area contributed by atoms with E-state index in [-0.39, 0.29) is 5.82 Å². The Balaban J connectivity index is 2.11. The van der Waals surface area contributed by atoms with Crippen molar-refractivity contribution in [2.24, 2.45) is 0 Å². The first-order chi connectivity index (χ1) is 9.04. The molecule has 2 aromatic heterocycles. The van der Waals surface area contributed by atoms with Crippen LogP contribution in [0.3, 0.4) is 0 Å². The summed E-state index contributed by atoms with van der Waals surface area (Å²) in [7, 11) is 0. The van der Waals surface area contributed by atoms with Crippen LogP contribution in [0, 0.1) is 24.4 Å². The van der Waals surface area contributed by atoms with Gasteiger partial charge in [-0.25, -0.2) is 9.37 Å². The van der Waals surface area contributed by atoms with Crippen molar-refractivity contribution in [2.75, 3.05) is 0 Å². The first-order valence-electron chi connectivity index (χ1n) is 5.85. The van der Waals surface area contributed by atoms with Crippen LogP contribution in [-0.4, -0.2) is 14.5 Å². The molecule has 0 unspecified atom stereocenters. The number of aromatic nitrogens is 3. The van der Waals surface area contributed by atoms with Gasteiger partial charge in [-0.15, -0.1) is 0 Å². The number of nitrogens with one attached hydrogen (secondary N) is 1.